The molecule has 0 saturated heterocycles. The van der Waals surface area contributed by atoms with Gasteiger partial charge in [0.05, 0.1) is 0 Å². The molecular formula is C16H26N2O2. The average Bonchev–Trinajstić information content (AvgIpc) is 2.45. The zero-order valence-electron chi connectivity index (χ0n) is 12.7. The number of benzene rings is 1. The molecule has 2 N–H and O–H groups in total. The second-order valence-corrected chi connectivity index (χ2v) is 4.91. The highest BCUT2D eigenvalue weighted by atomic mass is 16.5. The molecule has 0 aliphatic carbocycles. The standard InChI is InChI=1S/C16H26N2O2/c1-4-8-14-9-5-6-10-15(14)18-13(2)16(19)17-11-7-12-20-3/h5-6,9-10,13,18H,4,7-8,11-12H2,1-3H3,(H,17,19). The second kappa shape index (κ2) is 9.37. The van der Waals surface area contributed by atoms with Crippen molar-refractivity contribution in [3.05, 3.63) is 29.8 Å². The molecule has 0 radical (unpaired) electrons. The third-order valence-electron chi connectivity index (χ3n) is 3.13. The summed E-state index contributed by atoms with van der Waals surface area (Å²) >= 11 is 0. The molecule has 0 aromatic heterocycles. The van der Waals surface area contributed by atoms with Crippen LogP contribution in [0.15, 0.2) is 24.3 Å². The third-order valence-corrected chi connectivity index (χ3v) is 3.13. The number of nitrogens with one attached hydrogen (secondary N) is 2. The molecule has 1 unspecified atom stereocenters. The number of methoxy groups -OCH3 is 1. The largest absolute Gasteiger partial charge is 0.385 e. The minimum atomic E-state index is -0.240. The van der Waals surface area contributed by atoms with E-state index >= 15 is 0 Å². The lowest BCUT2D eigenvalue weighted by atomic mass is 10.1. The minimum absolute atomic E-state index is 0.0207. The zero-order chi connectivity index (χ0) is 14.8. The number of hydrogen-bond acceptors (Lipinski definition) is 3. The molecule has 0 spiro atoms. The van der Waals surface area contributed by atoms with Crippen molar-refractivity contribution in [1.82, 2.24) is 5.32 Å². The highest BCUT2D eigenvalue weighted by Crippen LogP contribution is 2.17. The van der Waals surface area contributed by atoms with E-state index in [1.165, 1.54) is 5.56 Å². The number of rotatable bonds is 9. The summed E-state index contributed by atoms with van der Waals surface area (Å²) in [6.07, 6.45) is 2.95. The summed E-state index contributed by atoms with van der Waals surface area (Å²) in [6, 6.07) is 7.92. The molecule has 0 fully saturated rings. The molecule has 0 aliphatic rings. The van der Waals surface area contributed by atoms with Crippen LogP contribution in [0.2, 0.25) is 0 Å². The number of para-hydroxylation sites is 1. The first kappa shape index (κ1) is 16.5. The molecule has 0 aliphatic heterocycles. The van der Waals surface area contributed by atoms with Gasteiger partial charge in [0.15, 0.2) is 0 Å². The molecule has 1 amide bonds. The maximum atomic E-state index is 12.0. The average molecular weight is 278 g/mol. The number of ether oxygens (including phenoxy) is 1. The van der Waals surface area contributed by atoms with E-state index in [1.807, 2.05) is 25.1 Å². The van der Waals surface area contributed by atoms with Gasteiger partial charge in [0, 0.05) is 25.9 Å². The number of carbonyl (C=O) groups excluding carboxylic acids is 1. The van der Waals surface area contributed by atoms with E-state index in [2.05, 4.69) is 23.6 Å². The molecule has 1 rings (SSSR count). The van der Waals surface area contributed by atoms with Gasteiger partial charge in [-0.2, -0.15) is 0 Å². The van der Waals surface area contributed by atoms with Crippen LogP contribution < -0.4 is 10.6 Å². The van der Waals surface area contributed by atoms with Crippen molar-refractivity contribution in [2.75, 3.05) is 25.6 Å². The first-order valence-electron chi connectivity index (χ1n) is 7.30. The summed E-state index contributed by atoms with van der Waals surface area (Å²) in [5, 5.41) is 6.20. The van der Waals surface area contributed by atoms with Gasteiger partial charge < -0.3 is 15.4 Å². The van der Waals surface area contributed by atoms with E-state index in [0.29, 0.717) is 13.2 Å². The zero-order valence-corrected chi connectivity index (χ0v) is 12.7. The number of carbonyl (C=O) groups is 1. The lowest BCUT2D eigenvalue weighted by Gasteiger charge is -2.17. The van der Waals surface area contributed by atoms with Crippen molar-refractivity contribution >= 4 is 11.6 Å². The molecule has 4 heteroatoms. The van der Waals surface area contributed by atoms with Crippen molar-refractivity contribution in [1.29, 1.82) is 0 Å². The highest BCUT2D eigenvalue weighted by molar-refractivity contribution is 5.84. The number of anilines is 1. The summed E-state index contributed by atoms with van der Waals surface area (Å²) in [5.74, 6) is 0.0207. The van der Waals surface area contributed by atoms with Gasteiger partial charge in [-0.25, -0.2) is 0 Å². The molecule has 1 aromatic rings. The van der Waals surface area contributed by atoms with Gasteiger partial charge in [-0.3, -0.25) is 4.79 Å². The van der Waals surface area contributed by atoms with Crippen LogP contribution in [-0.2, 0) is 16.0 Å². The van der Waals surface area contributed by atoms with E-state index in [9.17, 15) is 4.79 Å². The Hall–Kier alpha value is -1.55. The fourth-order valence-corrected chi connectivity index (χ4v) is 2.03. The Kier molecular flexibility index (Phi) is 7.73. The van der Waals surface area contributed by atoms with Crippen LogP contribution in [0.3, 0.4) is 0 Å². The quantitative estimate of drug-likeness (QED) is 0.683. The van der Waals surface area contributed by atoms with Crippen LogP contribution in [-0.4, -0.2) is 32.2 Å². The summed E-state index contributed by atoms with van der Waals surface area (Å²) in [5.41, 5.74) is 2.31. The fraction of sp³-hybridized carbons (Fsp3) is 0.562. The number of amides is 1. The monoisotopic (exact) mass is 278 g/mol. The summed E-state index contributed by atoms with van der Waals surface area (Å²) < 4.78 is 4.96. The second-order valence-electron chi connectivity index (χ2n) is 4.91. The van der Waals surface area contributed by atoms with Crippen molar-refractivity contribution in [2.45, 2.75) is 39.2 Å². The fourth-order valence-electron chi connectivity index (χ4n) is 2.03. The Balaban J connectivity index is 2.48. The van der Waals surface area contributed by atoms with Crippen molar-refractivity contribution in [3.63, 3.8) is 0 Å². The summed E-state index contributed by atoms with van der Waals surface area (Å²) in [4.78, 5) is 12.0. The van der Waals surface area contributed by atoms with Crippen molar-refractivity contribution in [2.24, 2.45) is 0 Å². The predicted octanol–water partition coefficient (Wildman–Crippen LogP) is 2.59. The Labute approximate surface area is 121 Å². The van der Waals surface area contributed by atoms with E-state index in [0.717, 1.165) is 24.9 Å². The first-order chi connectivity index (χ1) is 9.69. The van der Waals surface area contributed by atoms with Gasteiger partial charge >= 0.3 is 0 Å². The van der Waals surface area contributed by atoms with Gasteiger partial charge in [0.25, 0.3) is 0 Å². The lowest BCUT2D eigenvalue weighted by Crippen LogP contribution is -2.38. The van der Waals surface area contributed by atoms with Crippen LogP contribution in [0.4, 0.5) is 5.69 Å². The summed E-state index contributed by atoms with van der Waals surface area (Å²) in [6.45, 7) is 5.35. The normalized spacial score (nSPS) is 11.9. The van der Waals surface area contributed by atoms with Crippen LogP contribution in [0.5, 0.6) is 0 Å². The van der Waals surface area contributed by atoms with Gasteiger partial charge in [-0.15, -0.1) is 0 Å². The minimum Gasteiger partial charge on any atom is -0.385 e. The molecule has 1 aromatic carbocycles. The SMILES string of the molecule is CCCc1ccccc1NC(C)C(=O)NCCCOC. The van der Waals surface area contributed by atoms with E-state index in [4.69, 9.17) is 4.74 Å². The van der Waals surface area contributed by atoms with Gasteiger partial charge in [0.1, 0.15) is 6.04 Å². The Bertz CT molecular complexity index is 407. The maximum absolute atomic E-state index is 12.0. The third kappa shape index (κ3) is 5.61. The predicted molar refractivity (Wildman–Crippen MR) is 83.0 cm³/mol. The van der Waals surface area contributed by atoms with Crippen molar-refractivity contribution in [3.8, 4) is 0 Å². The number of aryl methyl sites for hydroxylation is 1. The van der Waals surface area contributed by atoms with Crippen LogP contribution >= 0.6 is 0 Å². The van der Waals surface area contributed by atoms with Crippen LogP contribution in [0, 0.1) is 0 Å². The van der Waals surface area contributed by atoms with E-state index < -0.39 is 0 Å². The molecule has 0 saturated carbocycles. The topological polar surface area (TPSA) is 50.4 Å². The molecule has 0 bridgehead atoms. The molecule has 112 valence electrons. The van der Waals surface area contributed by atoms with E-state index in [-0.39, 0.29) is 11.9 Å². The Morgan fingerprint density at radius 3 is 2.80 bits per heavy atom. The first-order valence-corrected chi connectivity index (χ1v) is 7.30. The van der Waals surface area contributed by atoms with Crippen LogP contribution in [0.25, 0.3) is 0 Å². The lowest BCUT2D eigenvalue weighted by molar-refractivity contribution is -0.121. The Morgan fingerprint density at radius 2 is 2.10 bits per heavy atom. The number of hydrogen-bond donors (Lipinski definition) is 2. The van der Waals surface area contributed by atoms with Crippen molar-refractivity contribution < 1.29 is 9.53 Å². The van der Waals surface area contributed by atoms with Gasteiger partial charge in [-0.05, 0) is 31.4 Å². The smallest absolute Gasteiger partial charge is 0.242 e. The molecule has 20 heavy (non-hydrogen) atoms. The Morgan fingerprint density at radius 1 is 1.35 bits per heavy atom. The summed E-state index contributed by atoms with van der Waals surface area (Å²) in [7, 11) is 1.66. The molecule has 0 heterocycles. The van der Waals surface area contributed by atoms with E-state index in [1.54, 1.807) is 7.11 Å². The van der Waals surface area contributed by atoms with Gasteiger partial charge in [0.2, 0.25) is 5.91 Å². The highest BCUT2D eigenvalue weighted by Gasteiger charge is 2.13. The molecule has 1 atom stereocenters. The maximum Gasteiger partial charge on any atom is 0.242 e. The van der Waals surface area contributed by atoms with Crippen LogP contribution in [0.1, 0.15) is 32.3 Å². The molecular weight excluding hydrogens is 252 g/mol. The molecule has 4 nitrogen and oxygen atoms in total. The van der Waals surface area contributed by atoms with Gasteiger partial charge in [-0.1, -0.05) is 31.5 Å².